The monoisotopic (exact) mass is 274 g/mol. The van der Waals surface area contributed by atoms with Gasteiger partial charge < -0.3 is 10.3 Å². The third-order valence-corrected chi connectivity index (χ3v) is 3.60. The van der Waals surface area contributed by atoms with Crippen LogP contribution in [0.4, 0.5) is 24.8 Å². The van der Waals surface area contributed by atoms with Crippen LogP contribution in [0.15, 0.2) is 12.1 Å². The molecule has 1 aromatic rings. The van der Waals surface area contributed by atoms with Gasteiger partial charge in [0.05, 0.1) is 5.56 Å². The Morgan fingerprint density at radius 1 is 1.26 bits per heavy atom. The number of hydrogen-bond acceptors (Lipinski definition) is 4. The SMILES string of the molecule is CC1CN(c2cc(C(F)(F)F)cc(NN)n2)CC1C. The molecule has 0 saturated carbocycles. The molecule has 2 rings (SSSR count). The smallest absolute Gasteiger partial charge is 0.356 e. The Hall–Kier alpha value is -1.50. The lowest BCUT2D eigenvalue weighted by Crippen LogP contribution is -2.23. The van der Waals surface area contributed by atoms with Gasteiger partial charge in [-0.25, -0.2) is 10.8 Å². The van der Waals surface area contributed by atoms with Crippen LogP contribution in [0.1, 0.15) is 19.4 Å². The minimum Gasteiger partial charge on any atom is -0.356 e. The van der Waals surface area contributed by atoms with Crippen molar-refractivity contribution in [2.24, 2.45) is 17.7 Å². The van der Waals surface area contributed by atoms with Crippen LogP contribution >= 0.6 is 0 Å². The molecule has 1 aromatic heterocycles. The molecule has 106 valence electrons. The van der Waals surface area contributed by atoms with Gasteiger partial charge in [-0.1, -0.05) is 13.8 Å². The van der Waals surface area contributed by atoms with Crippen molar-refractivity contribution in [3.63, 3.8) is 0 Å². The molecular formula is C12H17F3N4. The maximum atomic E-state index is 12.8. The zero-order valence-corrected chi connectivity index (χ0v) is 10.8. The van der Waals surface area contributed by atoms with Crippen LogP contribution in [-0.2, 0) is 6.18 Å². The summed E-state index contributed by atoms with van der Waals surface area (Å²) >= 11 is 0. The number of alkyl halides is 3. The number of hydrazine groups is 1. The highest BCUT2D eigenvalue weighted by molar-refractivity contribution is 5.51. The van der Waals surface area contributed by atoms with E-state index in [1.54, 1.807) is 0 Å². The van der Waals surface area contributed by atoms with E-state index in [1.807, 2.05) is 4.90 Å². The van der Waals surface area contributed by atoms with E-state index in [-0.39, 0.29) is 5.82 Å². The highest BCUT2D eigenvalue weighted by Crippen LogP contribution is 2.34. The maximum Gasteiger partial charge on any atom is 0.416 e. The first-order valence-corrected chi connectivity index (χ1v) is 6.12. The molecule has 0 bridgehead atoms. The zero-order chi connectivity index (χ0) is 14.2. The van der Waals surface area contributed by atoms with Crippen LogP contribution in [0.3, 0.4) is 0 Å². The van der Waals surface area contributed by atoms with Crippen LogP contribution in [0.5, 0.6) is 0 Å². The van der Waals surface area contributed by atoms with Gasteiger partial charge in [0.25, 0.3) is 0 Å². The third-order valence-electron chi connectivity index (χ3n) is 3.60. The second-order valence-electron chi connectivity index (χ2n) is 5.10. The molecule has 1 fully saturated rings. The summed E-state index contributed by atoms with van der Waals surface area (Å²) in [6.07, 6.45) is -4.40. The molecule has 2 heterocycles. The summed E-state index contributed by atoms with van der Waals surface area (Å²) in [4.78, 5) is 5.97. The fraction of sp³-hybridized carbons (Fsp3) is 0.583. The average Bonchev–Trinajstić information content (AvgIpc) is 2.68. The second kappa shape index (κ2) is 4.88. The van der Waals surface area contributed by atoms with E-state index < -0.39 is 11.7 Å². The van der Waals surface area contributed by atoms with E-state index in [0.717, 1.165) is 12.1 Å². The van der Waals surface area contributed by atoms with Crippen molar-refractivity contribution in [3.05, 3.63) is 17.7 Å². The Bertz CT molecular complexity index is 451. The predicted molar refractivity (Wildman–Crippen MR) is 67.6 cm³/mol. The first-order chi connectivity index (χ1) is 8.81. The van der Waals surface area contributed by atoms with Crippen LogP contribution in [0.2, 0.25) is 0 Å². The van der Waals surface area contributed by atoms with E-state index in [1.165, 1.54) is 0 Å². The standard InChI is InChI=1S/C12H17F3N4/c1-7-5-19(6-8(7)2)11-4-9(12(13,14)15)3-10(17-11)18-16/h3-4,7-8H,5-6,16H2,1-2H3,(H,17,18). The van der Waals surface area contributed by atoms with Crippen LogP contribution in [-0.4, -0.2) is 18.1 Å². The van der Waals surface area contributed by atoms with Crippen LogP contribution in [0, 0.1) is 11.8 Å². The summed E-state index contributed by atoms with van der Waals surface area (Å²) in [6.45, 7) is 5.58. The van der Waals surface area contributed by atoms with Crippen molar-refractivity contribution in [2.75, 3.05) is 23.4 Å². The van der Waals surface area contributed by atoms with Gasteiger partial charge in [0, 0.05) is 13.1 Å². The molecule has 0 amide bonds. The molecule has 0 aromatic carbocycles. The molecule has 0 aliphatic carbocycles. The number of halogens is 3. The van der Waals surface area contributed by atoms with Crippen molar-refractivity contribution in [1.29, 1.82) is 0 Å². The Kier molecular flexibility index (Phi) is 3.58. The first-order valence-electron chi connectivity index (χ1n) is 6.12. The van der Waals surface area contributed by atoms with E-state index in [0.29, 0.717) is 30.7 Å². The molecule has 0 radical (unpaired) electrons. The van der Waals surface area contributed by atoms with Crippen molar-refractivity contribution < 1.29 is 13.2 Å². The lowest BCUT2D eigenvalue weighted by molar-refractivity contribution is -0.137. The van der Waals surface area contributed by atoms with Gasteiger partial charge >= 0.3 is 6.18 Å². The minimum atomic E-state index is -4.40. The van der Waals surface area contributed by atoms with E-state index >= 15 is 0 Å². The number of aromatic nitrogens is 1. The molecule has 0 spiro atoms. The number of nitrogens with zero attached hydrogens (tertiary/aromatic N) is 2. The van der Waals surface area contributed by atoms with E-state index in [4.69, 9.17) is 5.84 Å². The molecule has 2 unspecified atom stereocenters. The van der Waals surface area contributed by atoms with E-state index in [9.17, 15) is 13.2 Å². The van der Waals surface area contributed by atoms with Gasteiger partial charge in [-0.05, 0) is 24.0 Å². The second-order valence-corrected chi connectivity index (χ2v) is 5.10. The van der Waals surface area contributed by atoms with Crippen molar-refractivity contribution in [1.82, 2.24) is 4.98 Å². The summed E-state index contributed by atoms with van der Waals surface area (Å²) in [7, 11) is 0. The molecule has 1 aliphatic rings. The maximum absolute atomic E-state index is 12.8. The van der Waals surface area contributed by atoms with E-state index in [2.05, 4.69) is 24.3 Å². The van der Waals surface area contributed by atoms with Crippen molar-refractivity contribution >= 4 is 11.6 Å². The minimum absolute atomic E-state index is 0.0250. The Morgan fingerprint density at radius 2 is 1.84 bits per heavy atom. The topological polar surface area (TPSA) is 54.2 Å². The van der Waals surface area contributed by atoms with Gasteiger partial charge in [-0.15, -0.1) is 0 Å². The highest BCUT2D eigenvalue weighted by atomic mass is 19.4. The number of nitrogen functional groups attached to an aromatic ring is 1. The molecule has 1 aliphatic heterocycles. The molecule has 1 saturated heterocycles. The molecule has 2 atom stereocenters. The van der Waals surface area contributed by atoms with Gasteiger partial charge in [0.1, 0.15) is 11.6 Å². The number of anilines is 2. The predicted octanol–water partition coefficient (Wildman–Crippen LogP) is 2.48. The molecule has 4 nitrogen and oxygen atoms in total. The zero-order valence-electron chi connectivity index (χ0n) is 10.8. The Morgan fingerprint density at radius 3 is 2.32 bits per heavy atom. The summed E-state index contributed by atoms with van der Waals surface area (Å²) < 4.78 is 38.4. The number of rotatable bonds is 2. The van der Waals surface area contributed by atoms with Gasteiger partial charge in [-0.2, -0.15) is 13.2 Å². The number of pyridine rings is 1. The lowest BCUT2D eigenvalue weighted by Gasteiger charge is -2.19. The quantitative estimate of drug-likeness (QED) is 0.642. The molecule has 3 N–H and O–H groups in total. The fourth-order valence-electron chi connectivity index (χ4n) is 2.23. The summed E-state index contributed by atoms with van der Waals surface area (Å²) in [5.41, 5.74) is 1.45. The number of hydrogen-bond donors (Lipinski definition) is 2. The van der Waals surface area contributed by atoms with Crippen LogP contribution < -0.4 is 16.2 Å². The summed E-state index contributed by atoms with van der Waals surface area (Å²) in [6, 6.07) is 1.98. The lowest BCUT2D eigenvalue weighted by atomic mass is 10.0. The Labute approximate surface area is 109 Å². The average molecular weight is 274 g/mol. The van der Waals surface area contributed by atoms with Gasteiger partial charge in [-0.3, -0.25) is 0 Å². The van der Waals surface area contributed by atoms with Gasteiger partial charge in [0.15, 0.2) is 0 Å². The largest absolute Gasteiger partial charge is 0.416 e. The molecular weight excluding hydrogens is 257 g/mol. The summed E-state index contributed by atoms with van der Waals surface area (Å²) in [5.74, 6) is 6.40. The third kappa shape index (κ3) is 2.91. The normalized spacial score (nSPS) is 23.8. The Balaban J connectivity index is 2.35. The molecule has 19 heavy (non-hydrogen) atoms. The first kappa shape index (κ1) is 13.9. The fourth-order valence-corrected chi connectivity index (χ4v) is 2.23. The van der Waals surface area contributed by atoms with Crippen LogP contribution in [0.25, 0.3) is 0 Å². The highest BCUT2D eigenvalue weighted by Gasteiger charge is 2.33. The van der Waals surface area contributed by atoms with Crippen molar-refractivity contribution in [3.8, 4) is 0 Å². The van der Waals surface area contributed by atoms with Crippen molar-refractivity contribution in [2.45, 2.75) is 20.0 Å². The number of nitrogens with two attached hydrogens (primary N) is 1. The number of nitrogens with one attached hydrogen (secondary N) is 1. The van der Waals surface area contributed by atoms with Gasteiger partial charge in [0.2, 0.25) is 0 Å². The summed E-state index contributed by atoms with van der Waals surface area (Å²) in [5, 5.41) is 0. The molecule has 7 heteroatoms.